The SMILES string of the molecule is CC[C@@H](C)CCCCCCCCC/C=C\C/C=C\CCCCS. The van der Waals surface area contributed by atoms with Crippen LogP contribution in [-0.2, 0) is 0 Å². The molecule has 0 unspecified atom stereocenters. The van der Waals surface area contributed by atoms with E-state index in [9.17, 15) is 0 Å². The molecular weight excluding hydrogens is 296 g/mol. The van der Waals surface area contributed by atoms with Gasteiger partial charge in [-0.1, -0.05) is 89.5 Å². The number of hydrogen-bond acceptors (Lipinski definition) is 1. The molecule has 0 aliphatic carbocycles. The summed E-state index contributed by atoms with van der Waals surface area (Å²) in [6.45, 7) is 4.69. The van der Waals surface area contributed by atoms with Crippen molar-refractivity contribution in [2.45, 2.75) is 104 Å². The fourth-order valence-electron chi connectivity index (χ4n) is 2.72. The normalized spacial score (nSPS) is 13.3. The summed E-state index contributed by atoms with van der Waals surface area (Å²) in [7, 11) is 0. The van der Waals surface area contributed by atoms with Crippen LogP contribution in [0.5, 0.6) is 0 Å². The van der Waals surface area contributed by atoms with E-state index in [2.05, 4.69) is 50.8 Å². The van der Waals surface area contributed by atoms with Gasteiger partial charge in [-0.15, -0.1) is 0 Å². The second kappa shape index (κ2) is 19.9. The van der Waals surface area contributed by atoms with Crippen molar-refractivity contribution in [2.24, 2.45) is 5.92 Å². The molecule has 136 valence electrons. The lowest BCUT2D eigenvalue weighted by Crippen LogP contribution is -1.91. The third-order valence-electron chi connectivity index (χ3n) is 4.65. The molecule has 0 spiro atoms. The van der Waals surface area contributed by atoms with E-state index in [4.69, 9.17) is 0 Å². The van der Waals surface area contributed by atoms with Crippen molar-refractivity contribution in [1.29, 1.82) is 0 Å². The van der Waals surface area contributed by atoms with Crippen LogP contribution in [0.4, 0.5) is 0 Å². The smallest absolute Gasteiger partial charge is 0.00978 e. The first-order valence-corrected chi connectivity index (χ1v) is 10.8. The van der Waals surface area contributed by atoms with Crippen LogP contribution in [0.15, 0.2) is 24.3 Å². The van der Waals surface area contributed by atoms with Crippen molar-refractivity contribution in [3.05, 3.63) is 24.3 Å². The first kappa shape index (κ1) is 22.8. The Bertz CT molecular complexity index is 267. The molecule has 0 bridgehead atoms. The lowest BCUT2D eigenvalue weighted by Gasteiger charge is -2.07. The minimum Gasteiger partial charge on any atom is -0.179 e. The molecule has 0 fully saturated rings. The molecule has 0 nitrogen and oxygen atoms in total. The molecule has 1 atom stereocenters. The van der Waals surface area contributed by atoms with Crippen LogP contribution in [0.25, 0.3) is 0 Å². The maximum Gasteiger partial charge on any atom is -0.00978 e. The van der Waals surface area contributed by atoms with Crippen molar-refractivity contribution in [1.82, 2.24) is 0 Å². The highest BCUT2D eigenvalue weighted by molar-refractivity contribution is 7.80. The molecule has 0 saturated heterocycles. The van der Waals surface area contributed by atoms with Crippen LogP contribution in [0, 0.1) is 5.92 Å². The number of unbranched alkanes of at least 4 members (excludes halogenated alkanes) is 9. The van der Waals surface area contributed by atoms with Gasteiger partial charge < -0.3 is 0 Å². The Morgan fingerprint density at radius 2 is 1.22 bits per heavy atom. The molecule has 0 N–H and O–H groups in total. The first-order chi connectivity index (χ1) is 11.3. The third-order valence-corrected chi connectivity index (χ3v) is 4.97. The molecule has 0 aliphatic rings. The predicted octanol–water partition coefficient (Wildman–Crippen LogP) is 8.15. The molecule has 0 amide bonds. The summed E-state index contributed by atoms with van der Waals surface area (Å²) in [5.41, 5.74) is 0. The fourth-order valence-corrected chi connectivity index (χ4v) is 2.95. The number of allylic oxidation sites excluding steroid dienone is 4. The van der Waals surface area contributed by atoms with Crippen LogP contribution in [-0.4, -0.2) is 5.75 Å². The van der Waals surface area contributed by atoms with Gasteiger partial charge in [0.25, 0.3) is 0 Å². The molecule has 0 saturated carbocycles. The van der Waals surface area contributed by atoms with Gasteiger partial charge in [0, 0.05) is 0 Å². The number of rotatable bonds is 17. The Morgan fingerprint density at radius 1 is 0.696 bits per heavy atom. The zero-order chi connectivity index (χ0) is 17.0. The van der Waals surface area contributed by atoms with Crippen LogP contribution in [0.3, 0.4) is 0 Å². The minimum atomic E-state index is 0.935. The molecule has 0 aromatic rings. The van der Waals surface area contributed by atoms with Gasteiger partial charge in [0.05, 0.1) is 0 Å². The zero-order valence-electron chi connectivity index (χ0n) is 15.9. The molecule has 0 aromatic carbocycles. The average Bonchev–Trinajstić information content (AvgIpc) is 2.57. The van der Waals surface area contributed by atoms with Gasteiger partial charge in [0.1, 0.15) is 0 Å². The van der Waals surface area contributed by atoms with Gasteiger partial charge in [0.15, 0.2) is 0 Å². The second-order valence-corrected chi connectivity index (χ2v) is 7.41. The topological polar surface area (TPSA) is 0 Å². The van der Waals surface area contributed by atoms with Gasteiger partial charge in [-0.05, 0) is 50.2 Å². The average molecular weight is 339 g/mol. The Hall–Kier alpha value is -0.170. The molecule has 0 aliphatic heterocycles. The van der Waals surface area contributed by atoms with Crippen LogP contribution < -0.4 is 0 Å². The monoisotopic (exact) mass is 338 g/mol. The van der Waals surface area contributed by atoms with Crippen LogP contribution >= 0.6 is 12.6 Å². The standard InChI is InChI=1S/C22H42S/c1-3-22(2)20-18-16-14-12-10-8-6-4-5-7-9-11-13-15-17-19-21-23/h5,7,11,13,22-23H,3-4,6,8-10,12,14-21H2,1-2H3/b7-5-,13-11-/t22-/m1/s1. The van der Waals surface area contributed by atoms with E-state index < -0.39 is 0 Å². The molecule has 0 heterocycles. The lowest BCUT2D eigenvalue weighted by molar-refractivity contribution is 0.470. The lowest BCUT2D eigenvalue weighted by atomic mass is 9.99. The summed E-state index contributed by atoms with van der Waals surface area (Å²) in [5.74, 6) is 1.95. The molecule has 0 rings (SSSR count). The van der Waals surface area contributed by atoms with Crippen molar-refractivity contribution < 1.29 is 0 Å². The summed E-state index contributed by atoms with van der Waals surface area (Å²) in [5, 5.41) is 0. The predicted molar refractivity (Wildman–Crippen MR) is 112 cm³/mol. The van der Waals surface area contributed by atoms with E-state index in [1.165, 1.54) is 83.5 Å². The molecular formula is C22H42S. The summed E-state index contributed by atoms with van der Waals surface area (Å²) >= 11 is 4.22. The molecule has 1 heteroatoms. The Morgan fingerprint density at radius 3 is 1.78 bits per heavy atom. The Kier molecular flexibility index (Phi) is 19.7. The van der Waals surface area contributed by atoms with Gasteiger partial charge in [-0.25, -0.2) is 0 Å². The maximum atomic E-state index is 4.22. The van der Waals surface area contributed by atoms with Crippen LogP contribution in [0.2, 0.25) is 0 Å². The van der Waals surface area contributed by atoms with E-state index in [0.717, 1.165) is 18.1 Å². The van der Waals surface area contributed by atoms with Gasteiger partial charge in [-0.3, -0.25) is 0 Å². The summed E-state index contributed by atoms with van der Waals surface area (Å²) in [6.07, 6.45) is 28.2. The minimum absolute atomic E-state index is 0.935. The van der Waals surface area contributed by atoms with E-state index in [0.29, 0.717) is 0 Å². The Balaban J connectivity index is 3.16. The van der Waals surface area contributed by atoms with E-state index in [1.54, 1.807) is 0 Å². The van der Waals surface area contributed by atoms with E-state index in [1.807, 2.05) is 0 Å². The third kappa shape index (κ3) is 19.8. The van der Waals surface area contributed by atoms with Gasteiger partial charge in [-0.2, -0.15) is 12.6 Å². The van der Waals surface area contributed by atoms with Gasteiger partial charge >= 0.3 is 0 Å². The number of thiol groups is 1. The van der Waals surface area contributed by atoms with Gasteiger partial charge in [0.2, 0.25) is 0 Å². The summed E-state index contributed by atoms with van der Waals surface area (Å²) < 4.78 is 0. The van der Waals surface area contributed by atoms with Crippen molar-refractivity contribution in [2.75, 3.05) is 5.75 Å². The first-order valence-electron chi connectivity index (χ1n) is 10.2. The van der Waals surface area contributed by atoms with Crippen molar-refractivity contribution >= 4 is 12.6 Å². The maximum absolute atomic E-state index is 4.22. The quantitative estimate of drug-likeness (QED) is 0.154. The Labute approximate surface area is 152 Å². The second-order valence-electron chi connectivity index (χ2n) is 6.96. The molecule has 0 radical (unpaired) electrons. The van der Waals surface area contributed by atoms with Crippen molar-refractivity contribution in [3.8, 4) is 0 Å². The molecule has 23 heavy (non-hydrogen) atoms. The number of hydrogen-bond donors (Lipinski definition) is 1. The highest BCUT2D eigenvalue weighted by Crippen LogP contribution is 2.14. The van der Waals surface area contributed by atoms with E-state index in [-0.39, 0.29) is 0 Å². The highest BCUT2D eigenvalue weighted by atomic mass is 32.1. The fraction of sp³-hybridized carbons (Fsp3) is 0.818. The largest absolute Gasteiger partial charge is 0.179 e. The zero-order valence-corrected chi connectivity index (χ0v) is 16.8. The van der Waals surface area contributed by atoms with E-state index >= 15 is 0 Å². The highest BCUT2D eigenvalue weighted by Gasteiger charge is 1.97. The summed E-state index contributed by atoms with van der Waals surface area (Å²) in [4.78, 5) is 0. The van der Waals surface area contributed by atoms with Crippen LogP contribution in [0.1, 0.15) is 104 Å². The summed E-state index contributed by atoms with van der Waals surface area (Å²) in [6, 6.07) is 0. The van der Waals surface area contributed by atoms with Crippen molar-refractivity contribution in [3.63, 3.8) is 0 Å². The molecule has 0 aromatic heterocycles.